The van der Waals surface area contributed by atoms with Crippen molar-refractivity contribution in [1.82, 2.24) is 14.8 Å². The minimum absolute atomic E-state index is 0.0864. The molecule has 0 aliphatic heterocycles. The van der Waals surface area contributed by atoms with Crippen LogP contribution in [0.2, 0.25) is 0 Å². The highest BCUT2D eigenvalue weighted by molar-refractivity contribution is 6.08. The maximum atomic E-state index is 15.1. The second kappa shape index (κ2) is 12.1. The van der Waals surface area contributed by atoms with Gasteiger partial charge in [-0.1, -0.05) is 13.3 Å². The number of halogens is 4. The van der Waals surface area contributed by atoms with Gasteiger partial charge in [0.15, 0.2) is 0 Å². The molecule has 0 spiro atoms. The van der Waals surface area contributed by atoms with Crippen LogP contribution in [0, 0.1) is 5.82 Å². The summed E-state index contributed by atoms with van der Waals surface area (Å²) in [5.41, 5.74) is -0.345. The van der Waals surface area contributed by atoms with E-state index in [1.807, 2.05) is 13.8 Å². The lowest BCUT2D eigenvalue weighted by Gasteiger charge is -2.13. The molecule has 4 rings (SSSR count). The molecule has 40 heavy (non-hydrogen) atoms. The molecule has 0 saturated carbocycles. The minimum atomic E-state index is -4.86. The maximum absolute atomic E-state index is 15.1. The number of carbonyl (C=O) groups excluding carboxylic acids is 1. The summed E-state index contributed by atoms with van der Waals surface area (Å²) in [5.74, 6) is -1.59. The van der Waals surface area contributed by atoms with Crippen LogP contribution in [0.3, 0.4) is 0 Å². The Labute approximate surface area is 226 Å². The van der Waals surface area contributed by atoms with Crippen LogP contribution in [-0.2, 0) is 6.54 Å². The lowest BCUT2D eigenvalue weighted by atomic mass is 10.0. The predicted octanol–water partition coefficient (Wildman–Crippen LogP) is 6.39. The van der Waals surface area contributed by atoms with Crippen LogP contribution >= 0.6 is 0 Å². The number of alkyl halides is 3. The second-order valence-electron chi connectivity index (χ2n) is 8.73. The number of aromatic nitrogens is 3. The third kappa shape index (κ3) is 6.87. The first-order valence-electron chi connectivity index (χ1n) is 12.5. The van der Waals surface area contributed by atoms with Crippen LogP contribution in [0.25, 0.3) is 22.5 Å². The first-order valence-corrected chi connectivity index (χ1v) is 12.5. The van der Waals surface area contributed by atoms with Gasteiger partial charge in [-0.15, -0.1) is 13.2 Å². The summed E-state index contributed by atoms with van der Waals surface area (Å²) in [6.07, 6.45) is -1.45. The predicted molar refractivity (Wildman–Crippen MR) is 141 cm³/mol. The van der Waals surface area contributed by atoms with Crippen LogP contribution < -0.4 is 20.3 Å². The fourth-order valence-corrected chi connectivity index (χ4v) is 3.89. The van der Waals surface area contributed by atoms with Gasteiger partial charge >= 0.3 is 6.36 Å². The largest absolute Gasteiger partial charge is 0.573 e. The quantitative estimate of drug-likeness (QED) is 0.174. The molecule has 0 fully saturated rings. The smallest absolute Gasteiger partial charge is 0.493 e. The lowest BCUT2D eigenvalue weighted by molar-refractivity contribution is -0.274. The molecule has 0 saturated heterocycles. The molecule has 12 heteroatoms. The number of nitrogens with zero attached hydrogens (tertiary/aromatic N) is 2. The summed E-state index contributed by atoms with van der Waals surface area (Å²) >= 11 is 0. The van der Waals surface area contributed by atoms with Gasteiger partial charge in [-0.3, -0.25) is 14.3 Å². The van der Waals surface area contributed by atoms with Gasteiger partial charge in [0.2, 0.25) is 0 Å². The van der Waals surface area contributed by atoms with E-state index in [0.29, 0.717) is 24.6 Å². The van der Waals surface area contributed by atoms with E-state index in [1.165, 1.54) is 30.3 Å². The third-order valence-corrected chi connectivity index (χ3v) is 5.84. The molecular formula is C28H26F4N4O4. The number of pyridine rings is 1. The van der Waals surface area contributed by atoms with Crippen molar-refractivity contribution in [1.29, 1.82) is 0 Å². The Kier molecular flexibility index (Phi) is 8.56. The Hall–Kier alpha value is -4.61. The fourth-order valence-electron chi connectivity index (χ4n) is 3.89. The molecule has 0 radical (unpaired) electrons. The van der Waals surface area contributed by atoms with Crippen molar-refractivity contribution in [2.75, 3.05) is 11.9 Å². The van der Waals surface area contributed by atoms with Crippen LogP contribution in [0.4, 0.5) is 23.2 Å². The van der Waals surface area contributed by atoms with Gasteiger partial charge in [0, 0.05) is 35.6 Å². The average Bonchev–Trinajstić information content (AvgIpc) is 3.38. The summed E-state index contributed by atoms with van der Waals surface area (Å²) < 4.78 is 63.4. The van der Waals surface area contributed by atoms with E-state index in [1.54, 1.807) is 23.0 Å². The Bertz CT molecular complexity index is 1550. The van der Waals surface area contributed by atoms with E-state index in [2.05, 4.69) is 20.1 Å². The van der Waals surface area contributed by atoms with Crippen molar-refractivity contribution in [3.05, 3.63) is 82.5 Å². The molecule has 0 aliphatic rings. The number of unbranched alkanes of at least 4 members (excludes halogenated alkanes) is 1. The highest BCUT2D eigenvalue weighted by Gasteiger charge is 2.31. The Morgan fingerprint density at radius 2 is 1.75 bits per heavy atom. The zero-order valence-electron chi connectivity index (χ0n) is 21.6. The molecule has 0 bridgehead atoms. The number of hydrogen-bond donors (Lipinski definition) is 2. The monoisotopic (exact) mass is 558 g/mol. The minimum Gasteiger partial charge on any atom is -0.493 e. The number of nitrogens with one attached hydrogen (secondary N) is 2. The van der Waals surface area contributed by atoms with Gasteiger partial charge in [-0.2, -0.15) is 5.10 Å². The summed E-state index contributed by atoms with van der Waals surface area (Å²) in [4.78, 5) is 29.0. The number of ether oxygens (including phenoxy) is 2. The summed E-state index contributed by atoms with van der Waals surface area (Å²) in [6.45, 7) is 4.84. The first kappa shape index (κ1) is 28.4. The number of carbonyl (C=O) groups is 1. The number of aromatic amines is 1. The fraction of sp³-hybridized carbons (Fsp3) is 0.250. The number of rotatable bonds is 10. The zero-order valence-corrected chi connectivity index (χ0v) is 21.6. The van der Waals surface area contributed by atoms with Gasteiger partial charge in [-0.25, -0.2) is 4.39 Å². The number of aryl methyl sites for hydroxylation is 1. The molecule has 8 nitrogen and oxygen atoms in total. The molecule has 1 amide bonds. The molecule has 2 aromatic heterocycles. The molecule has 0 atom stereocenters. The van der Waals surface area contributed by atoms with Gasteiger partial charge in [0.1, 0.15) is 22.9 Å². The van der Waals surface area contributed by atoms with Gasteiger partial charge in [0.25, 0.3) is 11.5 Å². The summed E-state index contributed by atoms with van der Waals surface area (Å²) in [5, 5.41) is 6.90. The Balaban J connectivity index is 1.70. The van der Waals surface area contributed by atoms with Gasteiger partial charge in [0.05, 0.1) is 18.0 Å². The van der Waals surface area contributed by atoms with Crippen LogP contribution in [0.5, 0.6) is 11.5 Å². The number of H-pyrrole nitrogens is 1. The van der Waals surface area contributed by atoms with Gasteiger partial charge < -0.3 is 19.8 Å². The summed E-state index contributed by atoms with van der Waals surface area (Å²) in [6, 6.07) is 11.8. The molecule has 2 N–H and O–H groups in total. The Morgan fingerprint density at radius 3 is 2.38 bits per heavy atom. The topological polar surface area (TPSA) is 98.2 Å². The second-order valence-corrected chi connectivity index (χ2v) is 8.73. The van der Waals surface area contributed by atoms with Crippen molar-refractivity contribution in [2.24, 2.45) is 0 Å². The molecule has 210 valence electrons. The maximum Gasteiger partial charge on any atom is 0.573 e. The normalized spacial score (nSPS) is 11.3. The van der Waals surface area contributed by atoms with E-state index in [-0.39, 0.29) is 28.1 Å². The number of hydrogen-bond acceptors (Lipinski definition) is 5. The van der Waals surface area contributed by atoms with E-state index in [4.69, 9.17) is 4.74 Å². The number of anilines is 1. The lowest BCUT2D eigenvalue weighted by Crippen LogP contribution is -2.25. The molecule has 2 heterocycles. The van der Waals surface area contributed by atoms with Crippen molar-refractivity contribution >= 4 is 11.6 Å². The molecule has 2 aromatic carbocycles. The van der Waals surface area contributed by atoms with E-state index in [9.17, 15) is 22.8 Å². The van der Waals surface area contributed by atoms with Gasteiger partial charge in [-0.05, 0) is 61.9 Å². The Morgan fingerprint density at radius 1 is 1.02 bits per heavy atom. The highest BCUT2D eigenvalue weighted by Crippen LogP contribution is 2.30. The average molecular weight is 559 g/mol. The zero-order chi connectivity index (χ0) is 28.9. The molecule has 0 unspecified atom stereocenters. The third-order valence-electron chi connectivity index (χ3n) is 5.84. The van der Waals surface area contributed by atoms with Crippen LogP contribution in [-0.4, -0.2) is 33.6 Å². The number of amides is 1. The van der Waals surface area contributed by atoms with Crippen molar-refractivity contribution < 1.29 is 31.8 Å². The number of benzene rings is 2. The van der Waals surface area contributed by atoms with E-state index < -0.39 is 29.4 Å². The SMILES string of the molecule is CCCCOc1ccc(-c2cc(-c3ccn(CC)n3)c(C(=O)Nc3ccc(OC(F)(F)F)cc3)c(=O)[nH]2)c(F)c1. The molecular weight excluding hydrogens is 532 g/mol. The van der Waals surface area contributed by atoms with Crippen molar-refractivity contribution in [3.8, 4) is 34.0 Å². The molecule has 4 aromatic rings. The van der Waals surface area contributed by atoms with Crippen molar-refractivity contribution in [2.45, 2.75) is 39.6 Å². The van der Waals surface area contributed by atoms with E-state index in [0.717, 1.165) is 25.0 Å². The highest BCUT2D eigenvalue weighted by atomic mass is 19.4. The first-order chi connectivity index (χ1) is 19.1. The van der Waals surface area contributed by atoms with Crippen molar-refractivity contribution in [3.63, 3.8) is 0 Å². The summed E-state index contributed by atoms with van der Waals surface area (Å²) in [7, 11) is 0. The van der Waals surface area contributed by atoms with Crippen LogP contribution in [0.1, 0.15) is 37.0 Å². The van der Waals surface area contributed by atoms with E-state index >= 15 is 4.39 Å². The van der Waals surface area contributed by atoms with Crippen LogP contribution in [0.15, 0.2) is 65.6 Å². The molecule has 0 aliphatic carbocycles. The standard InChI is InChI=1S/C28H26F4N4O4/c1-3-5-14-39-19-10-11-20(22(29)15-19)24-16-21(23-12-13-36(4-2)35-23)25(27(38)34-24)26(37)33-17-6-8-18(9-7-17)40-28(30,31)32/h6-13,15-16H,3-5,14H2,1-2H3,(H,33,37)(H,34,38).